The van der Waals surface area contributed by atoms with Crippen LogP contribution in [0.5, 0.6) is 0 Å². The minimum absolute atomic E-state index is 0.0104. The summed E-state index contributed by atoms with van der Waals surface area (Å²) in [5.74, 6) is -1.45. The molecule has 2 heterocycles. The molecule has 0 spiro atoms. The highest BCUT2D eigenvalue weighted by molar-refractivity contribution is 7.07. The maximum atomic E-state index is 14.1. The number of halogens is 4. The molecule has 2 aromatic carbocycles. The van der Waals surface area contributed by atoms with Crippen LogP contribution in [0.1, 0.15) is 5.69 Å². The Morgan fingerprint density at radius 3 is 2.67 bits per heavy atom. The summed E-state index contributed by atoms with van der Waals surface area (Å²) in [4.78, 5) is 8.89. The van der Waals surface area contributed by atoms with Crippen LogP contribution in [0.25, 0.3) is 11.3 Å². The molecule has 0 aliphatic heterocycles. The van der Waals surface area contributed by atoms with Gasteiger partial charge in [-0.05, 0) is 42.5 Å². The first kappa shape index (κ1) is 20.4. The third-order valence-electron chi connectivity index (χ3n) is 4.01. The smallest absolute Gasteiger partial charge is 0.211 e. The van der Waals surface area contributed by atoms with E-state index in [1.165, 1.54) is 22.1 Å². The van der Waals surface area contributed by atoms with Gasteiger partial charge in [-0.1, -0.05) is 29.3 Å². The lowest BCUT2D eigenvalue weighted by Crippen LogP contribution is -2.12. The van der Waals surface area contributed by atoms with Gasteiger partial charge in [-0.25, -0.2) is 18.4 Å². The Bertz CT molecular complexity index is 1300. The number of rotatable bonds is 4. The lowest BCUT2D eigenvalue weighted by atomic mass is 10.2. The molecule has 0 N–H and O–H groups in total. The van der Waals surface area contributed by atoms with Gasteiger partial charge in [0.1, 0.15) is 11.5 Å². The summed E-state index contributed by atoms with van der Waals surface area (Å²) in [6, 6.07) is 13.7. The second kappa shape index (κ2) is 8.87. The van der Waals surface area contributed by atoms with E-state index in [1.807, 2.05) is 6.07 Å². The molecule has 0 unspecified atom stereocenters. The maximum Gasteiger partial charge on any atom is 0.211 e. The third kappa shape index (κ3) is 4.48. The second-order valence-electron chi connectivity index (χ2n) is 6.05. The molecule has 2 aromatic heterocycles. The number of pyridine rings is 1. The number of aromatic nitrogens is 2. The molecule has 30 heavy (non-hydrogen) atoms. The van der Waals surface area contributed by atoms with E-state index in [-0.39, 0.29) is 5.69 Å². The Hall–Kier alpha value is -2.87. The van der Waals surface area contributed by atoms with Gasteiger partial charge in [-0.2, -0.15) is 5.10 Å². The van der Waals surface area contributed by atoms with Crippen LogP contribution in [0.3, 0.4) is 0 Å². The zero-order valence-electron chi connectivity index (χ0n) is 15.1. The molecule has 0 aliphatic rings. The van der Waals surface area contributed by atoms with E-state index in [9.17, 15) is 8.78 Å². The molecule has 4 aromatic rings. The Labute approximate surface area is 184 Å². The van der Waals surface area contributed by atoms with Crippen LogP contribution in [0.15, 0.2) is 76.3 Å². The van der Waals surface area contributed by atoms with Crippen molar-refractivity contribution in [3.8, 4) is 11.3 Å². The molecule has 0 fully saturated rings. The van der Waals surface area contributed by atoms with Crippen molar-refractivity contribution in [1.82, 2.24) is 9.66 Å². The lowest BCUT2D eigenvalue weighted by Gasteiger charge is -2.06. The third-order valence-corrected chi connectivity index (χ3v) is 5.39. The SMILES string of the molecule is Fc1ccc(N=c2scc(-c3cc(Cl)ccc3Cl)n2N=Cc2ccccn2)c(F)c1. The van der Waals surface area contributed by atoms with Crippen LogP contribution in [0, 0.1) is 11.6 Å². The van der Waals surface area contributed by atoms with Crippen molar-refractivity contribution in [2.45, 2.75) is 0 Å². The van der Waals surface area contributed by atoms with Crippen LogP contribution in [0.2, 0.25) is 10.0 Å². The highest BCUT2D eigenvalue weighted by Crippen LogP contribution is 2.31. The van der Waals surface area contributed by atoms with E-state index in [2.05, 4.69) is 15.1 Å². The van der Waals surface area contributed by atoms with Gasteiger partial charge in [0.25, 0.3) is 0 Å². The predicted molar refractivity (Wildman–Crippen MR) is 117 cm³/mol. The van der Waals surface area contributed by atoms with Gasteiger partial charge in [-0.15, -0.1) is 11.3 Å². The number of hydrogen-bond acceptors (Lipinski definition) is 4. The number of thiazole rings is 1. The average Bonchev–Trinajstić information content (AvgIpc) is 3.13. The molecular formula is C21H12Cl2F2N4S. The lowest BCUT2D eigenvalue weighted by molar-refractivity contribution is 0.584. The van der Waals surface area contributed by atoms with Crippen molar-refractivity contribution in [1.29, 1.82) is 0 Å². The molecule has 0 aliphatic carbocycles. The first-order chi connectivity index (χ1) is 14.5. The highest BCUT2D eigenvalue weighted by Gasteiger charge is 2.13. The van der Waals surface area contributed by atoms with Crippen molar-refractivity contribution in [3.63, 3.8) is 0 Å². The maximum absolute atomic E-state index is 14.1. The summed E-state index contributed by atoms with van der Waals surface area (Å²) in [5, 5.41) is 7.23. The minimum atomic E-state index is -0.772. The quantitative estimate of drug-likeness (QED) is 0.329. The van der Waals surface area contributed by atoms with Gasteiger partial charge >= 0.3 is 0 Å². The second-order valence-corrected chi connectivity index (χ2v) is 7.73. The van der Waals surface area contributed by atoms with Crippen molar-refractivity contribution in [3.05, 3.63) is 98.3 Å². The van der Waals surface area contributed by atoms with Crippen molar-refractivity contribution in [2.24, 2.45) is 10.1 Å². The van der Waals surface area contributed by atoms with Gasteiger partial charge in [0.15, 0.2) is 5.82 Å². The topological polar surface area (TPSA) is 42.5 Å². The van der Waals surface area contributed by atoms with E-state index < -0.39 is 11.6 Å². The summed E-state index contributed by atoms with van der Waals surface area (Å²) in [7, 11) is 0. The fraction of sp³-hybridized carbons (Fsp3) is 0. The van der Waals surface area contributed by atoms with E-state index in [4.69, 9.17) is 23.2 Å². The fourth-order valence-corrected chi connectivity index (χ4v) is 3.84. The standard InChI is InChI=1S/C21H12Cl2F2N4S/c22-13-4-6-17(23)16(9-13)20-12-30-21(28-19-7-5-14(24)10-18(19)25)29(20)27-11-15-3-1-2-8-26-15/h1-12H. The number of nitrogens with zero attached hydrogens (tertiary/aromatic N) is 4. The van der Waals surface area contributed by atoms with Crippen molar-refractivity contribution >= 4 is 46.4 Å². The molecule has 9 heteroatoms. The monoisotopic (exact) mass is 460 g/mol. The van der Waals surface area contributed by atoms with E-state index >= 15 is 0 Å². The van der Waals surface area contributed by atoms with Gasteiger partial charge in [-0.3, -0.25) is 4.98 Å². The van der Waals surface area contributed by atoms with E-state index in [0.29, 0.717) is 31.8 Å². The molecule has 0 amide bonds. The average molecular weight is 461 g/mol. The van der Waals surface area contributed by atoms with Crippen molar-refractivity contribution < 1.29 is 8.78 Å². The first-order valence-corrected chi connectivity index (χ1v) is 10.3. The highest BCUT2D eigenvalue weighted by atomic mass is 35.5. The summed E-state index contributed by atoms with van der Waals surface area (Å²) in [6.45, 7) is 0. The Morgan fingerprint density at radius 1 is 1.03 bits per heavy atom. The summed E-state index contributed by atoms with van der Waals surface area (Å²) in [5.41, 5.74) is 1.86. The molecular weight excluding hydrogens is 449 g/mol. The Morgan fingerprint density at radius 2 is 1.90 bits per heavy atom. The molecule has 0 saturated heterocycles. The van der Waals surface area contributed by atoms with Gasteiger partial charge < -0.3 is 0 Å². The summed E-state index contributed by atoms with van der Waals surface area (Å²) in [6.07, 6.45) is 3.20. The zero-order chi connectivity index (χ0) is 21.1. The molecule has 150 valence electrons. The molecule has 0 saturated carbocycles. The minimum Gasteiger partial charge on any atom is -0.255 e. The first-order valence-electron chi connectivity index (χ1n) is 8.62. The van der Waals surface area contributed by atoms with Crippen molar-refractivity contribution in [2.75, 3.05) is 0 Å². The number of hydrogen-bond donors (Lipinski definition) is 0. The van der Waals surface area contributed by atoms with Crippen LogP contribution in [-0.2, 0) is 0 Å². The Kier molecular flexibility index (Phi) is 6.03. The van der Waals surface area contributed by atoms with Crippen LogP contribution in [-0.4, -0.2) is 15.9 Å². The van der Waals surface area contributed by atoms with E-state index in [1.54, 1.807) is 48.1 Å². The molecule has 4 nitrogen and oxygen atoms in total. The molecule has 0 atom stereocenters. The summed E-state index contributed by atoms with van der Waals surface area (Å²) < 4.78 is 28.9. The molecule has 4 rings (SSSR count). The fourth-order valence-electron chi connectivity index (χ4n) is 2.61. The number of benzene rings is 2. The zero-order valence-corrected chi connectivity index (χ0v) is 17.5. The molecule has 0 radical (unpaired) electrons. The molecule has 0 bridgehead atoms. The van der Waals surface area contributed by atoms with Gasteiger partial charge in [0.05, 0.1) is 22.6 Å². The predicted octanol–water partition coefficient (Wildman–Crippen LogP) is 6.31. The van der Waals surface area contributed by atoms with E-state index in [0.717, 1.165) is 12.1 Å². The normalized spacial score (nSPS) is 12.1. The largest absolute Gasteiger partial charge is 0.255 e. The van der Waals surface area contributed by atoms with Gasteiger partial charge in [0.2, 0.25) is 4.80 Å². The Balaban J connectivity index is 1.90. The van der Waals surface area contributed by atoms with Crippen LogP contribution in [0.4, 0.5) is 14.5 Å². The van der Waals surface area contributed by atoms with Crippen LogP contribution >= 0.6 is 34.5 Å². The van der Waals surface area contributed by atoms with Crippen LogP contribution < -0.4 is 4.80 Å². The summed E-state index contributed by atoms with van der Waals surface area (Å²) >= 11 is 13.7. The van der Waals surface area contributed by atoms with Gasteiger partial charge in [0, 0.05) is 28.2 Å².